The van der Waals surface area contributed by atoms with Crippen molar-refractivity contribution in [3.63, 3.8) is 0 Å². The van der Waals surface area contributed by atoms with E-state index in [1.165, 1.54) is 25.3 Å². The van der Waals surface area contributed by atoms with Gasteiger partial charge in [-0.3, -0.25) is 0 Å². The van der Waals surface area contributed by atoms with Crippen LogP contribution in [-0.4, -0.2) is 13.5 Å². The van der Waals surface area contributed by atoms with Crippen molar-refractivity contribution in [3.05, 3.63) is 23.8 Å². The molecular formula is C14H21ClF3NO2. The van der Waals surface area contributed by atoms with Crippen LogP contribution in [-0.2, 0) is 0 Å². The van der Waals surface area contributed by atoms with E-state index in [0.29, 0.717) is 17.7 Å². The van der Waals surface area contributed by atoms with Gasteiger partial charge < -0.3 is 15.2 Å². The molecule has 21 heavy (non-hydrogen) atoms. The van der Waals surface area contributed by atoms with Gasteiger partial charge in [-0.25, -0.2) is 0 Å². The molecule has 0 amide bonds. The molecule has 122 valence electrons. The van der Waals surface area contributed by atoms with Crippen LogP contribution in [0.2, 0.25) is 0 Å². The Morgan fingerprint density at radius 2 is 1.90 bits per heavy atom. The van der Waals surface area contributed by atoms with Crippen LogP contribution >= 0.6 is 12.4 Å². The number of benzene rings is 1. The highest BCUT2D eigenvalue weighted by Crippen LogP contribution is 2.32. The van der Waals surface area contributed by atoms with Gasteiger partial charge in [-0.2, -0.15) is 0 Å². The van der Waals surface area contributed by atoms with Gasteiger partial charge in [0.15, 0.2) is 0 Å². The van der Waals surface area contributed by atoms with Crippen molar-refractivity contribution in [3.8, 4) is 11.5 Å². The fourth-order valence-electron chi connectivity index (χ4n) is 1.97. The minimum Gasteiger partial charge on any atom is -0.496 e. The number of methoxy groups -OCH3 is 1. The van der Waals surface area contributed by atoms with E-state index in [2.05, 4.69) is 11.7 Å². The lowest BCUT2D eigenvalue weighted by Crippen LogP contribution is -2.18. The molecule has 0 aliphatic heterocycles. The Morgan fingerprint density at radius 3 is 2.43 bits per heavy atom. The summed E-state index contributed by atoms with van der Waals surface area (Å²) in [5.74, 6) is 0.197. The zero-order valence-electron chi connectivity index (χ0n) is 12.1. The average Bonchev–Trinajstić information content (AvgIpc) is 2.37. The third-order valence-electron chi connectivity index (χ3n) is 2.95. The van der Waals surface area contributed by atoms with E-state index >= 15 is 0 Å². The maximum atomic E-state index is 12.2. The fraction of sp³-hybridized carbons (Fsp3) is 0.571. The molecule has 1 aromatic rings. The van der Waals surface area contributed by atoms with Gasteiger partial charge in [0.1, 0.15) is 11.5 Å². The molecule has 0 unspecified atom stereocenters. The number of unbranched alkanes of at least 4 members (excludes halogenated alkanes) is 2. The third-order valence-corrected chi connectivity index (χ3v) is 2.95. The number of halogens is 4. The SMILES string of the molecule is CCCCC[C@H](N)c1cc(OC(F)(F)F)ccc1OC.Cl. The second-order valence-electron chi connectivity index (χ2n) is 4.55. The lowest BCUT2D eigenvalue weighted by molar-refractivity contribution is -0.274. The van der Waals surface area contributed by atoms with Crippen molar-refractivity contribution in [2.45, 2.75) is 45.0 Å². The maximum Gasteiger partial charge on any atom is 0.573 e. The van der Waals surface area contributed by atoms with Gasteiger partial charge in [-0.1, -0.05) is 26.2 Å². The molecule has 1 atom stereocenters. The summed E-state index contributed by atoms with van der Waals surface area (Å²) in [5.41, 5.74) is 6.56. The van der Waals surface area contributed by atoms with Crippen LogP contribution in [0.15, 0.2) is 18.2 Å². The summed E-state index contributed by atoms with van der Waals surface area (Å²) in [6.07, 6.45) is -1.00. The van der Waals surface area contributed by atoms with Crippen molar-refractivity contribution >= 4 is 12.4 Å². The summed E-state index contributed by atoms with van der Waals surface area (Å²) in [4.78, 5) is 0. The van der Waals surface area contributed by atoms with Crippen LogP contribution in [0, 0.1) is 0 Å². The molecule has 0 aliphatic rings. The van der Waals surface area contributed by atoms with E-state index in [0.717, 1.165) is 19.3 Å². The average molecular weight is 328 g/mol. The molecule has 0 saturated carbocycles. The van der Waals surface area contributed by atoms with Crippen LogP contribution < -0.4 is 15.2 Å². The van der Waals surface area contributed by atoms with Crippen LogP contribution in [0.1, 0.15) is 44.2 Å². The molecule has 0 radical (unpaired) electrons. The zero-order valence-corrected chi connectivity index (χ0v) is 12.9. The van der Waals surface area contributed by atoms with Crippen LogP contribution in [0.5, 0.6) is 11.5 Å². The van der Waals surface area contributed by atoms with E-state index in [4.69, 9.17) is 10.5 Å². The zero-order chi connectivity index (χ0) is 15.2. The quantitative estimate of drug-likeness (QED) is 0.745. The van der Waals surface area contributed by atoms with Gasteiger partial charge in [0.2, 0.25) is 0 Å². The molecule has 0 spiro atoms. The Labute approximate surface area is 129 Å². The van der Waals surface area contributed by atoms with Crippen molar-refractivity contribution in [2.24, 2.45) is 5.73 Å². The molecule has 1 aromatic carbocycles. The maximum absolute atomic E-state index is 12.2. The lowest BCUT2D eigenvalue weighted by atomic mass is 10.00. The Hall–Kier alpha value is -1.14. The van der Waals surface area contributed by atoms with Gasteiger partial charge in [0, 0.05) is 11.6 Å². The second-order valence-corrected chi connectivity index (χ2v) is 4.55. The second kappa shape index (κ2) is 9.00. The summed E-state index contributed by atoms with van der Waals surface area (Å²) in [5, 5.41) is 0. The first-order valence-corrected chi connectivity index (χ1v) is 6.56. The van der Waals surface area contributed by atoms with Crippen LogP contribution in [0.3, 0.4) is 0 Å². The summed E-state index contributed by atoms with van der Waals surface area (Å²) in [6.45, 7) is 2.07. The minimum absolute atomic E-state index is 0. The van der Waals surface area contributed by atoms with Crippen molar-refractivity contribution < 1.29 is 22.6 Å². The normalized spacial score (nSPS) is 12.5. The smallest absolute Gasteiger partial charge is 0.496 e. The topological polar surface area (TPSA) is 44.5 Å². The number of hydrogen-bond donors (Lipinski definition) is 1. The van der Waals surface area contributed by atoms with Crippen LogP contribution in [0.25, 0.3) is 0 Å². The number of nitrogens with two attached hydrogens (primary N) is 1. The lowest BCUT2D eigenvalue weighted by Gasteiger charge is -2.17. The van der Waals surface area contributed by atoms with Crippen molar-refractivity contribution in [1.29, 1.82) is 0 Å². The number of hydrogen-bond acceptors (Lipinski definition) is 3. The standard InChI is InChI=1S/C14H20F3NO2.ClH/c1-3-4-5-6-12(18)11-9-10(20-14(15,16)17)7-8-13(11)19-2;/h7-9,12H,3-6,18H2,1-2H3;1H/t12-;/m0./s1. The Balaban J connectivity index is 0.00000400. The molecule has 0 aromatic heterocycles. The largest absolute Gasteiger partial charge is 0.573 e. The van der Waals surface area contributed by atoms with Gasteiger partial charge in [-0.05, 0) is 24.6 Å². The van der Waals surface area contributed by atoms with Crippen LogP contribution in [0.4, 0.5) is 13.2 Å². The van der Waals surface area contributed by atoms with E-state index in [-0.39, 0.29) is 24.2 Å². The molecule has 0 saturated heterocycles. The summed E-state index contributed by atoms with van der Waals surface area (Å²) in [7, 11) is 1.46. The highest BCUT2D eigenvalue weighted by atomic mass is 35.5. The monoisotopic (exact) mass is 327 g/mol. The van der Waals surface area contributed by atoms with Crippen molar-refractivity contribution in [1.82, 2.24) is 0 Å². The summed E-state index contributed by atoms with van der Waals surface area (Å²) >= 11 is 0. The van der Waals surface area contributed by atoms with Crippen molar-refractivity contribution in [2.75, 3.05) is 7.11 Å². The fourth-order valence-corrected chi connectivity index (χ4v) is 1.97. The highest BCUT2D eigenvalue weighted by Gasteiger charge is 2.31. The minimum atomic E-state index is -4.71. The molecule has 3 nitrogen and oxygen atoms in total. The molecule has 2 N–H and O–H groups in total. The molecule has 1 rings (SSSR count). The first kappa shape index (κ1) is 19.9. The van der Waals surface area contributed by atoms with E-state index < -0.39 is 6.36 Å². The summed E-state index contributed by atoms with van der Waals surface area (Å²) < 4.78 is 45.7. The number of ether oxygens (including phenoxy) is 2. The molecular weight excluding hydrogens is 307 g/mol. The highest BCUT2D eigenvalue weighted by molar-refractivity contribution is 5.85. The predicted octanol–water partition coefficient (Wildman–Crippen LogP) is 4.60. The van der Waals surface area contributed by atoms with Gasteiger partial charge in [-0.15, -0.1) is 25.6 Å². The third kappa shape index (κ3) is 6.91. The van der Waals surface area contributed by atoms with Gasteiger partial charge >= 0.3 is 6.36 Å². The Bertz CT molecular complexity index is 427. The molecule has 7 heteroatoms. The van der Waals surface area contributed by atoms with E-state index in [1.54, 1.807) is 0 Å². The Morgan fingerprint density at radius 1 is 1.24 bits per heavy atom. The molecule has 0 aliphatic carbocycles. The van der Waals surface area contributed by atoms with Gasteiger partial charge in [0.05, 0.1) is 7.11 Å². The summed E-state index contributed by atoms with van der Waals surface area (Å²) in [6, 6.07) is 3.58. The van der Waals surface area contributed by atoms with E-state index in [9.17, 15) is 13.2 Å². The molecule has 0 bridgehead atoms. The number of alkyl halides is 3. The molecule has 0 fully saturated rings. The Kier molecular flexibility index (Phi) is 8.51. The first-order chi connectivity index (χ1) is 9.37. The first-order valence-electron chi connectivity index (χ1n) is 6.56. The predicted molar refractivity (Wildman–Crippen MR) is 78.0 cm³/mol. The number of rotatable bonds is 7. The van der Waals surface area contributed by atoms with Gasteiger partial charge in [0.25, 0.3) is 0 Å². The molecule has 0 heterocycles. The van der Waals surface area contributed by atoms with E-state index in [1.807, 2.05) is 0 Å².